The number of benzene rings is 2. The molecule has 0 spiro atoms. The SMILES string of the molecule is COc1cc(C(=O)NCC2CN(Cc3ccccc3)CCO2)ccc1OC(C)C. The number of amides is 1. The lowest BCUT2D eigenvalue weighted by molar-refractivity contribution is -0.0292. The Bertz CT molecular complexity index is 795. The van der Waals surface area contributed by atoms with Gasteiger partial charge in [-0.15, -0.1) is 0 Å². The standard InChI is InChI=1S/C23H30N2O4/c1-17(2)29-21-10-9-19(13-22(21)27-3)23(26)24-14-20-16-25(11-12-28-20)15-18-7-5-4-6-8-18/h4-10,13,17,20H,11-12,14-16H2,1-3H3,(H,24,26). The van der Waals surface area contributed by atoms with Crippen LogP contribution in [0.3, 0.4) is 0 Å². The van der Waals surface area contributed by atoms with Crippen LogP contribution in [-0.4, -0.2) is 56.4 Å². The number of methoxy groups -OCH3 is 1. The van der Waals surface area contributed by atoms with Crippen molar-refractivity contribution in [1.29, 1.82) is 0 Å². The summed E-state index contributed by atoms with van der Waals surface area (Å²) in [6, 6.07) is 15.6. The molecule has 0 aliphatic carbocycles. The lowest BCUT2D eigenvalue weighted by Crippen LogP contribution is -2.47. The van der Waals surface area contributed by atoms with Gasteiger partial charge in [0.25, 0.3) is 5.91 Å². The number of rotatable bonds is 8. The molecule has 1 aliphatic heterocycles. The molecule has 6 heteroatoms. The lowest BCUT2D eigenvalue weighted by atomic mass is 10.1. The highest BCUT2D eigenvalue weighted by atomic mass is 16.5. The molecule has 0 saturated carbocycles. The predicted octanol–water partition coefficient (Wildman–Crippen LogP) is 3.11. The number of nitrogens with one attached hydrogen (secondary N) is 1. The maximum absolute atomic E-state index is 12.6. The fourth-order valence-electron chi connectivity index (χ4n) is 3.36. The van der Waals surface area contributed by atoms with E-state index in [1.54, 1.807) is 25.3 Å². The van der Waals surface area contributed by atoms with Crippen molar-refractivity contribution in [1.82, 2.24) is 10.2 Å². The van der Waals surface area contributed by atoms with Crippen LogP contribution in [-0.2, 0) is 11.3 Å². The molecular formula is C23H30N2O4. The summed E-state index contributed by atoms with van der Waals surface area (Å²) in [7, 11) is 1.57. The van der Waals surface area contributed by atoms with Crippen molar-refractivity contribution in [2.24, 2.45) is 0 Å². The van der Waals surface area contributed by atoms with Crippen LogP contribution in [0.4, 0.5) is 0 Å². The first-order chi connectivity index (χ1) is 14.0. The summed E-state index contributed by atoms with van der Waals surface area (Å²) in [6.45, 7) is 7.62. The third kappa shape index (κ3) is 6.21. The van der Waals surface area contributed by atoms with E-state index in [1.807, 2.05) is 19.9 Å². The highest BCUT2D eigenvalue weighted by Gasteiger charge is 2.21. The van der Waals surface area contributed by atoms with E-state index in [2.05, 4.69) is 34.5 Å². The Kier molecular flexibility index (Phi) is 7.49. The molecule has 2 aromatic rings. The van der Waals surface area contributed by atoms with E-state index in [0.29, 0.717) is 30.2 Å². The number of hydrogen-bond acceptors (Lipinski definition) is 5. The second-order valence-electron chi connectivity index (χ2n) is 7.46. The van der Waals surface area contributed by atoms with Crippen LogP contribution in [0.15, 0.2) is 48.5 Å². The molecule has 1 aliphatic rings. The Morgan fingerprint density at radius 2 is 2.00 bits per heavy atom. The quantitative estimate of drug-likeness (QED) is 0.740. The summed E-state index contributed by atoms with van der Waals surface area (Å²) in [5, 5.41) is 2.98. The largest absolute Gasteiger partial charge is 0.493 e. The number of carbonyl (C=O) groups excluding carboxylic acids is 1. The topological polar surface area (TPSA) is 60.0 Å². The van der Waals surface area contributed by atoms with Crippen molar-refractivity contribution in [2.75, 3.05) is 33.4 Å². The maximum Gasteiger partial charge on any atom is 0.251 e. The van der Waals surface area contributed by atoms with Gasteiger partial charge >= 0.3 is 0 Å². The Hall–Kier alpha value is -2.57. The minimum absolute atomic E-state index is 0.0261. The van der Waals surface area contributed by atoms with Gasteiger partial charge in [0.1, 0.15) is 0 Å². The molecule has 1 N–H and O–H groups in total. The van der Waals surface area contributed by atoms with Crippen molar-refractivity contribution >= 4 is 5.91 Å². The van der Waals surface area contributed by atoms with E-state index in [1.165, 1.54) is 5.56 Å². The van der Waals surface area contributed by atoms with Gasteiger partial charge in [-0.05, 0) is 37.6 Å². The predicted molar refractivity (Wildman–Crippen MR) is 113 cm³/mol. The fourth-order valence-corrected chi connectivity index (χ4v) is 3.36. The van der Waals surface area contributed by atoms with Crippen molar-refractivity contribution in [3.63, 3.8) is 0 Å². The molecule has 1 fully saturated rings. The van der Waals surface area contributed by atoms with Crippen LogP contribution >= 0.6 is 0 Å². The van der Waals surface area contributed by atoms with Crippen molar-refractivity contribution in [2.45, 2.75) is 32.6 Å². The zero-order valence-corrected chi connectivity index (χ0v) is 17.4. The van der Waals surface area contributed by atoms with Gasteiger partial charge < -0.3 is 19.5 Å². The molecule has 1 heterocycles. The van der Waals surface area contributed by atoms with Crippen LogP contribution in [0.1, 0.15) is 29.8 Å². The van der Waals surface area contributed by atoms with Gasteiger partial charge in [0.15, 0.2) is 11.5 Å². The van der Waals surface area contributed by atoms with Crippen molar-refractivity contribution in [3.05, 3.63) is 59.7 Å². The summed E-state index contributed by atoms with van der Waals surface area (Å²) < 4.78 is 16.9. The molecule has 2 aromatic carbocycles. The molecule has 1 unspecified atom stereocenters. The maximum atomic E-state index is 12.6. The number of hydrogen-bond donors (Lipinski definition) is 1. The second-order valence-corrected chi connectivity index (χ2v) is 7.46. The first-order valence-corrected chi connectivity index (χ1v) is 10.1. The molecule has 0 aromatic heterocycles. The van der Waals surface area contributed by atoms with Crippen LogP contribution < -0.4 is 14.8 Å². The average Bonchev–Trinajstić information content (AvgIpc) is 2.73. The van der Waals surface area contributed by atoms with E-state index >= 15 is 0 Å². The highest BCUT2D eigenvalue weighted by Crippen LogP contribution is 2.29. The van der Waals surface area contributed by atoms with Crippen molar-refractivity contribution < 1.29 is 19.0 Å². The Morgan fingerprint density at radius 1 is 1.21 bits per heavy atom. The van der Waals surface area contributed by atoms with Gasteiger partial charge in [-0.1, -0.05) is 30.3 Å². The summed E-state index contributed by atoms with van der Waals surface area (Å²) in [5.74, 6) is 1.03. The van der Waals surface area contributed by atoms with Gasteiger partial charge in [-0.25, -0.2) is 0 Å². The Balaban J connectivity index is 1.53. The van der Waals surface area contributed by atoms with E-state index in [4.69, 9.17) is 14.2 Å². The molecular weight excluding hydrogens is 368 g/mol. The van der Waals surface area contributed by atoms with E-state index < -0.39 is 0 Å². The first-order valence-electron chi connectivity index (χ1n) is 10.1. The molecule has 6 nitrogen and oxygen atoms in total. The molecule has 3 rings (SSSR count). The van der Waals surface area contributed by atoms with Gasteiger partial charge in [0.2, 0.25) is 0 Å². The molecule has 0 bridgehead atoms. The highest BCUT2D eigenvalue weighted by molar-refractivity contribution is 5.94. The smallest absolute Gasteiger partial charge is 0.251 e. The molecule has 29 heavy (non-hydrogen) atoms. The average molecular weight is 399 g/mol. The lowest BCUT2D eigenvalue weighted by Gasteiger charge is -2.33. The normalized spacial score (nSPS) is 17.2. The molecule has 156 valence electrons. The van der Waals surface area contributed by atoms with E-state index in [0.717, 1.165) is 19.6 Å². The fraction of sp³-hybridized carbons (Fsp3) is 0.435. The molecule has 1 atom stereocenters. The summed E-state index contributed by atoms with van der Waals surface area (Å²) in [4.78, 5) is 14.9. The van der Waals surface area contributed by atoms with Crippen LogP contribution in [0.2, 0.25) is 0 Å². The minimum atomic E-state index is -0.150. The van der Waals surface area contributed by atoms with Gasteiger partial charge in [0, 0.05) is 31.7 Å². The molecule has 1 amide bonds. The zero-order chi connectivity index (χ0) is 20.6. The number of nitrogens with zero attached hydrogens (tertiary/aromatic N) is 1. The number of morpholine rings is 1. The van der Waals surface area contributed by atoms with Crippen LogP contribution in [0, 0.1) is 0 Å². The summed E-state index contributed by atoms with van der Waals surface area (Å²) in [6.07, 6.45) is 0.00714. The third-order valence-corrected chi connectivity index (χ3v) is 4.75. The summed E-state index contributed by atoms with van der Waals surface area (Å²) >= 11 is 0. The van der Waals surface area contributed by atoms with Crippen molar-refractivity contribution in [3.8, 4) is 11.5 Å². The van der Waals surface area contributed by atoms with Crippen LogP contribution in [0.5, 0.6) is 11.5 Å². The second kappa shape index (κ2) is 10.3. The number of ether oxygens (including phenoxy) is 3. The molecule has 1 saturated heterocycles. The van der Waals surface area contributed by atoms with Gasteiger partial charge in [0.05, 0.1) is 25.9 Å². The monoisotopic (exact) mass is 398 g/mol. The van der Waals surface area contributed by atoms with Crippen LogP contribution in [0.25, 0.3) is 0 Å². The zero-order valence-electron chi connectivity index (χ0n) is 17.4. The van der Waals surface area contributed by atoms with E-state index in [9.17, 15) is 4.79 Å². The first kappa shape index (κ1) is 21.1. The Labute approximate surface area is 172 Å². The third-order valence-electron chi connectivity index (χ3n) is 4.75. The van der Waals surface area contributed by atoms with Gasteiger partial charge in [-0.3, -0.25) is 9.69 Å². The molecule has 0 radical (unpaired) electrons. The van der Waals surface area contributed by atoms with E-state index in [-0.39, 0.29) is 18.1 Å². The van der Waals surface area contributed by atoms with Gasteiger partial charge in [-0.2, -0.15) is 0 Å². The number of carbonyl (C=O) groups is 1. The minimum Gasteiger partial charge on any atom is -0.493 e. The Morgan fingerprint density at radius 3 is 2.72 bits per heavy atom. The summed E-state index contributed by atoms with van der Waals surface area (Å²) in [5.41, 5.74) is 1.82.